The molecule has 0 bridgehead atoms. The number of hydrogen-bond acceptors (Lipinski definition) is 5. The fourth-order valence-corrected chi connectivity index (χ4v) is 6.71. The maximum absolute atomic E-state index is 12.7. The van der Waals surface area contributed by atoms with Crippen LogP contribution in [0, 0.1) is 5.92 Å². The molecule has 3 heterocycles. The number of nitrogens with one attached hydrogen (secondary N) is 2. The summed E-state index contributed by atoms with van der Waals surface area (Å²) in [6.07, 6.45) is 5.43. The fourth-order valence-electron chi connectivity index (χ4n) is 3.69. The van der Waals surface area contributed by atoms with Crippen molar-refractivity contribution in [3.63, 3.8) is 0 Å². The van der Waals surface area contributed by atoms with Crippen LogP contribution in [0.2, 0.25) is 0 Å². The lowest BCUT2D eigenvalue weighted by Gasteiger charge is -2.27. The van der Waals surface area contributed by atoms with E-state index in [2.05, 4.69) is 17.6 Å². The van der Waals surface area contributed by atoms with Gasteiger partial charge in [-0.25, -0.2) is 8.42 Å². The molecule has 2 N–H and O–H groups in total. The lowest BCUT2D eigenvalue weighted by atomic mass is 9.92. The number of nitrogens with zero attached hydrogens (tertiary/aromatic N) is 1. The minimum absolute atomic E-state index is 0.0876. The van der Waals surface area contributed by atoms with Crippen molar-refractivity contribution >= 4 is 27.3 Å². The monoisotopic (exact) mass is 399 g/mol. The van der Waals surface area contributed by atoms with Gasteiger partial charge >= 0.3 is 0 Å². The van der Waals surface area contributed by atoms with Crippen molar-refractivity contribution in [1.29, 1.82) is 0 Å². The first kappa shape index (κ1) is 19.8. The van der Waals surface area contributed by atoms with Crippen LogP contribution in [0.25, 0.3) is 0 Å². The molecule has 1 aromatic heterocycles. The molecule has 0 radical (unpaired) electrons. The Labute approximate surface area is 160 Å². The molecule has 2 saturated heterocycles. The smallest absolute Gasteiger partial charge is 0.252 e. The summed E-state index contributed by atoms with van der Waals surface area (Å²) in [5, 5.41) is 6.37. The average molecular weight is 400 g/mol. The highest BCUT2D eigenvalue weighted by Gasteiger charge is 2.27. The van der Waals surface area contributed by atoms with E-state index in [1.807, 2.05) is 6.07 Å². The quantitative estimate of drug-likeness (QED) is 0.767. The van der Waals surface area contributed by atoms with Gasteiger partial charge in [-0.2, -0.15) is 4.31 Å². The van der Waals surface area contributed by atoms with Crippen molar-refractivity contribution in [1.82, 2.24) is 14.9 Å². The minimum atomic E-state index is -3.35. The van der Waals surface area contributed by atoms with Crippen LogP contribution in [0.1, 0.15) is 43.9 Å². The highest BCUT2D eigenvalue weighted by molar-refractivity contribution is 7.91. The average Bonchev–Trinajstić information content (AvgIpc) is 3.12. The molecule has 146 valence electrons. The molecule has 0 aromatic carbocycles. The minimum Gasteiger partial charge on any atom is -0.355 e. The van der Waals surface area contributed by atoms with E-state index in [0.29, 0.717) is 36.3 Å². The second-order valence-electron chi connectivity index (χ2n) is 7.30. The van der Waals surface area contributed by atoms with Crippen molar-refractivity contribution in [3.05, 3.63) is 17.0 Å². The largest absolute Gasteiger partial charge is 0.355 e. The van der Waals surface area contributed by atoms with E-state index < -0.39 is 10.0 Å². The van der Waals surface area contributed by atoms with Gasteiger partial charge in [-0.15, -0.1) is 11.3 Å². The summed E-state index contributed by atoms with van der Waals surface area (Å²) in [6.45, 7) is 4.80. The Morgan fingerprint density at radius 2 is 2.08 bits per heavy atom. The first-order valence-electron chi connectivity index (χ1n) is 9.57. The summed E-state index contributed by atoms with van der Waals surface area (Å²) >= 11 is 1.33. The van der Waals surface area contributed by atoms with Crippen LogP contribution in [0.4, 0.5) is 0 Å². The first-order valence-corrected chi connectivity index (χ1v) is 11.8. The van der Waals surface area contributed by atoms with Gasteiger partial charge in [0.2, 0.25) is 5.91 Å². The number of carbonyl (C=O) groups is 1. The molecule has 0 spiro atoms. The SMILES string of the molecule is C[C@H]1C[C@@H](C(=O)NCCc2ccc(S(=O)(=O)N3CCCCC3)s2)CCN1. The zero-order valence-electron chi connectivity index (χ0n) is 15.4. The van der Waals surface area contributed by atoms with Gasteiger partial charge < -0.3 is 10.6 Å². The van der Waals surface area contributed by atoms with E-state index in [1.165, 1.54) is 11.3 Å². The van der Waals surface area contributed by atoms with Gasteiger partial charge in [0.15, 0.2) is 0 Å². The first-order chi connectivity index (χ1) is 12.5. The van der Waals surface area contributed by atoms with Gasteiger partial charge in [0.1, 0.15) is 4.21 Å². The Bertz CT molecular complexity index is 711. The topological polar surface area (TPSA) is 78.5 Å². The number of carbonyl (C=O) groups excluding carboxylic acids is 1. The summed E-state index contributed by atoms with van der Waals surface area (Å²) in [7, 11) is -3.35. The number of piperidine rings is 2. The molecular formula is C18H29N3O3S2. The van der Waals surface area contributed by atoms with Crippen molar-refractivity contribution in [2.24, 2.45) is 5.92 Å². The number of amides is 1. The summed E-state index contributed by atoms with van der Waals surface area (Å²) in [5.74, 6) is 0.209. The van der Waals surface area contributed by atoms with Gasteiger partial charge in [-0.05, 0) is 57.7 Å². The van der Waals surface area contributed by atoms with Gasteiger partial charge in [-0.3, -0.25) is 4.79 Å². The lowest BCUT2D eigenvalue weighted by molar-refractivity contribution is -0.126. The lowest BCUT2D eigenvalue weighted by Crippen LogP contribution is -2.42. The maximum atomic E-state index is 12.7. The molecule has 26 heavy (non-hydrogen) atoms. The van der Waals surface area contributed by atoms with E-state index in [9.17, 15) is 13.2 Å². The zero-order valence-corrected chi connectivity index (χ0v) is 17.0. The van der Waals surface area contributed by atoms with Gasteiger partial charge in [-0.1, -0.05) is 6.42 Å². The van der Waals surface area contributed by atoms with Gasteiger partial charge in [0.05, 0.1) is 0 Å². The van der Waals surface area contributed by atoms with Crippen LogP contribution < -0.4 is 10.6 Å². The van der Waals surface area contributed by atoms with Crippen molar-refractivity contribution in [2.75, 3.05) is 26.2 Å². The highest BCUT2D eigenvalue weighted by Crippen LogP contribution is 2.27. The Morgan fingerprint density at radius 1 is 1.31 bits per heavy atom. The van der Waals surface area contributed by atoms with E-state index in [1.54, 1.807) is 10.4 Å². The van der Waals surface area contributed by atoms with E-state index >= 15 is 0 Å². The highest BCUT2D eigenvalue weighted by atomic mass is 32.2. The summed E-state index contributed by atoms with van der Waals surface area (Å²) in [4.78, 5) is 13.3. The molecule has 0 unspecified atom stereocenters. The molecule has 3 rings (SSSR count). The number of rotatable bonds is 6. The Hall–Kier alpha value is -0.960. The second-order valence-corrected chi connectivity index (χ2v) is 10.6. The Kier molecular flexibility index (Phi) is 6.71. The third-order valence-electron chi connectivity index (χ3n) is 5.21. The molecule has 6 nitrogen and oxygen atoms in total. The third-order valence-corrected chi connectivity index (χ3v) is 8.72. The summed E-state index contributed by atoms with van der Waals surface area (Å²) < 4.78 is 27.4. The van der Waals surface area contributed by atoms with Crippen LogP contribution in [0.15, 0.2) is 16.3 Å². The fraction of sp³-hybridized carbons (Fsp3) is 0.722. The molecule has 0 saturated carbocycles. The molecule has 1 aromatic rings. The van der Waals surface area contributed by atoms with E-state index in [-0.39, 0.29) is 11.8 Å². The third kappa shape index (κ3) is 4.85. The molecule has 0 aliphatic carbocycles. The molecule has 1 amide bonds. The van der Waals surface area contributed by atoms with Crippen LogP contribution in [-0.4, -0.2) is 50.9 Å². The molecule has 8 heteroatoms. The van der Waals surface area contributed by atoms with E-state index in [4.69, 9.17) is 0 Å². The Balaban J connectivity index is 1.50. The Morgan fingerprint density at radius 3 is 2.81 bits per heavy atom. The number of sulfonamides is 1. The van der Waals surface area contributed by atoms with Crippen LogP contribution in [0.3, 0.4) is 0 Å². The summed E-state index contributed by atoms with van der Waals surface area (Å²) in [5.41, 5.74) is 0. The normalized spacial score (nSPS) is 25.1. The van der Waals surface area contributed by atoms with E-state index in [0.717, 1.165) is 43.5 Å². The molecular weight excluding hydrogens is 370 g/mol. The molecule has 2 atom stereocenters. The van der Waals surface area contributed by atoms with Crippen LogP contribution >= 0.6 is 11.3 Å². The van der Waals surface area contributed by atoms with Crippen LogP contribution in [0.5, 0.6) is 0 Å². The standard InChI is InChI=1S/C18H29N3O3S2/c1-14-13-15(7-9-19-14)18(22)20-10-8-16-5-6-17(25-16)26(23,24)21-11-3-2-4-12-21/h5-6,14-15,19H,2-4,7-13H2,1H3,(H,20,22)/t14-,15-/m0/s1. The van der Waals surface area contributed by atoms with Gasteiger partial charge in [0, 0.05) is 36.5 Å². The van der Waals surface area contributed by atoms with Crippen molar-refractivity contribution < 1.29 is 13.2 Å². The number of thiophene rings is 1. The second kappa shape index (κ2) is 8.82. The predicted octanol–water partition coefficient (Wildman–Crippen LogP) is 1.97. The molecule has 2 fully saturated rings. The predicted molar refractivity (Wildman–Crippen MR) is 104 cm³/mol. The number of hydrogen-bond donors (Lipinski definition) is 2. The van der Waals surface area contributed by atoms with Crippen LogP contribution in [-0.2, 0) is 21.2 Å². The maximum Gasteiger partial charge on any atom is 0.252 e. The van der Waals surface area contributed by atoms with Gasteiger partial charge in [0.25, 0.3) is 10.0 Å². The molecule has 2 aliphatic heterocycles. The zero-order chi connectivity index (χ0) is 18.6. The van der Waals surface area contributed by atoms with Crippen molar-refractivity contribution in [3.8, 4) is 0 Å². The molecule has 2 aliphatic rings. The van der Waals surface area contributed by atoms with Crippen molar-refractivity contribution in [2.45, 2.75) is 55.7 Å². The summed E-state index contributed by atoms with van der Waals surface area (Å²) in [6, 6.07) is 3.97.